The van der Waals surface area contributed by atoms with Crippen molar-refractivity contribution in [3.05, 3.63) is 12.1 Å². The topological polar surface area (TPSA) is 69.8 Å². The molecule has 2 aliphatic rings. The molecule has 6 heteroatoms. The number of rotatable bonds is 3. The zero-order valence-corrected chi connectivity index (χ0v) is 12.7. The van der Waals surface area contributed by atoms with E-state index in [0.717, 1.165) is 25.2 Å². The molecule has 2 fully saturated rings. The van der Waals surface area contributed by atoms with Crippen LogP contribution in [0.25, 0.3) is 0 Å². The molecule has 0 radical (unpaired) electrons. The van der Waals surface area contributed by atoms with E-state index < -0.39 is 5.79 Å². The van der Waals surface area contributed by atoms with Crippen LogP contribution in [0.15, 0.2) is 12.1 Å². The van der Waals surface area contributed by atoms with Gasteiger partial charge in [-0.15, -0.1) is 0 Å². The number of aromatic nitrogens is 1. The van der Waals surface area contributed by atoms with Crippen molar-refractivity contribution in [2.24, 2.45) is 0 Å². The Hall–Kier alpha value is -1.53. The van der Waals surface area contributed by atoms with Crippen molar-refractivity contribution in [1.29, 1.82) is 0 Å². The number of hydrogen-bond acceptors (Lipinski definition) is 6. The summed E-state index contributed by atoms with van der Waals surface area (Å²) in [6.45, 7) is 6.90. The third kappa shape index (κ3) is 3.06. The molecule has 0 aliphatic carbocycles. The van der Waals surface area contributed by atoms with E-state index >= 15 is 0 Å². The molecule has 116 valence electrons. The molecule has 6 nitrogen and oxygen atoms in total. The fourth-order valence-corrected chi connectivity index (χ4v) is 2.85. The summed E-state index contributed by atoms with van der Waals surface area (Å²) in [6.07, 6.45) is 2.00. The predicted molar refractivity (Wildman–Crippen MR) is 80.5 cm³/mol. The Labute approximate surface area is 125 Å². The van der Waals surface area contributed by atoms with Crippen molar-refractivity contribution in [1.82, 2.24) is 4.98 Å². The van der Waals surface area contributed by atoms with Gasteiger partial charge < -0.3 is 24.8 Å². The van der Waals surface area contributed by atoms with Crippen LogP contribution in [0.1, 0.15) is 26.7 Å². The van der Waals surface area contributed by atoms with Crippen LogP contribution in [-0.2, 0) is 9.47 Å². The molecule has 3 rings (SSSR count). The van der Waals surface area contributed by atoms with Gasteiger partial charge in [0.25, 0.3) is 0 Å². The van der Waals surface area contributed by atoms with Crippen molar-refractivity contribution in [2.75, 3.05) is 36.9 Å². The number of ether oxygens (including phenoxy) is 3. The van der Waals surface area contributed by atoms with Gasteiger partial charge in [-0.3, -0.25) is 0 Å². The minimum atomic E-state index is -0.458. The van der Waals surface area contributed by atoms with E-state index in [2.05, 4.69) is 9.88 Å². The first-order chi connectivity index (χ1) is 10.1. The highest BCUT2D eigenvalue weighted by Gasteiger charge is 2.41. The molecule has 1 aromatic rings. The molecule has 3 heterocycles. The van der Waals surface area contributed by atoms with E-state index in [1.54, 1.807) is 0 Å². The summed E-state index contributed by atoms with van der Waals surface area (Å²) in [7, 11) is 0. The van der Waals surface area contributed by atoms with Gasteiger partial charge in [-0.1, -0.05) is 0 Å². The first-order valence-corrected chi connectivity index (χ1v) is 7.54. The molecule has 0 saturated carbocycles. The molecule has 2 aliphatic heterocycles. The van der Waals surface area contributed by atoms with Crippen LogP contribution in [0.2, 0.25) is 0 Å². The zero-order chi connectivity index (χ0) is 14.9. The van der Waals surface area contributed by atoms with Crippen molar-refractivity contribution >= 4 is 11.5 Å². The van der Waals surface area contributed by atoms with E-state index in [1.807, 2.05) is 26.0 Å². The molecular formula is C15H23N3O3. The predicted octanol–water partition coefficient (Wildman–Crippen LogP) is 1.79. The van der Waals surface area contributed by atoms with Gasteiger partial charge in [0.2, 0.25) is 5.88 Å². The van der Waals surface area contributed by atoms with Gasteiger partial charge in [-0.05, 0) is 32.4 Å². The lowest BCUT2D eigenvalue weighted by Gasteiger charge is -2.39. The van der Waals surface area contributed by atoms with Crippen LogP contribution in [0.5, 0.6) is 5.88 Å². The van der Waals surface area contributed by atoms with Crippen LogP contribution in [0.4, 0.5) is 11.5 Å². The van der Waals surface area contributed by atoms with Crippen molar-refractivity contribution in [3.8, 4) is 5.88 Å². The zero-order valence-electron chi connectivity index (χ0n) is 12.7. The molecular weight excluding hydrogens is 270 g/mol. The summed E-state index contributed by atoms with van der Waals surface area (Å²) < 4.78 is 17.3. The van der Waals surface area contributed by atoms with Crippen LogP contribution in [0.3, 0.4) is 0 Å². The maximum atomic E-state index is 5.93. The number of nitrogen functional groups attached to an aromatic ring is 1. The van der Waals surface area contributed by atoms with Crippen LogP contribution in [0, 0.1) is 0 Å². The van der Waals surface area contributed by atoms with Gasteiger partial charge >= 0.3 is 0 Å². The van der Waals surface area contributed by atoms with Crippen LogP contribution < -0.4 is 15.4 Å². The third-order valence-electron chi connectivity index (χ3n) is 3.78. The van der Waals surface area contributed by atoms with E-state index in [1.165, 1.54) is 0 Å². The molecule has 0 atom stereocenters. The average molecular weight is 293 g/mol. The Morgan fingerprint density at radius 3 is 2.81 bits per heavy atom. The van der Waals surface area contributed by atoms with Gasteiger partial charge in [0.15, 0.2) is 5.79 Å². The second kappa shape index (κ2) is 5.69. The quantitative estimate of drug-likeness (QED) is 0.916. The number of nitrogens with zero attached hydrogens (tertiary/aromatic N) is 2. The summed E-state index contributed by atoms with van der Waals surface area (Å²) in [6, 6.07) is 3.77. The summed E-state index contributed by atoms with van der Waals surface area (Å²) in [5.74, 6) is 0.897. The maximum Gasteiger partial charge on any atom is 0.239 e. The summed E-state index contributed by atoms with van der Waals surface area (Å²) >= 11 is 0. The average Bonchev–Trinajstić information content (AvgIpc) is 2.89. The van der Waals surface area contributed by atoms with E-state index in [0.29, 0.717) is 31.3 Å². The van der Waals surface area contributed by atoms with Crippen molar-refractivity contribution in [2.45, 2.75) is 38.6 Å². The molecule has 2 saturated heterocycles. The largest absolute Gasteiger partial charge is 0.473 e. The minimum Gasteiger partial charge on any atom is -0.473 e. The Morgan fingerprint density at radius 2 is 2.10 bits per heavy atom. The smallest absolute Gasteiger partial charge is 0.239 e. The fourth-order valence-electron chi connectivity index (χ4n) is 2.85. The summed E-state index contributed by atoms with van der Waals surface area (Å²) in [4.78, 5) is 6.74. The minimum absolute atomic E-state index is 0.0456. The monoisotopic (exact) mass is 293 g/mol. The molecule has 1 spiro atoms. The normalized spacial score (nSPS) is 21.2. The molecule has 0 unspecified atom stereocenters. The number of piperidine rings is 1. The Morgan fingerprint density at radius 1 is 1.33 bits per heavy atom. The second-order valence-corrected chi connectivity index (χ2v) is 5.86. The first kappa shape index (κ1) is 14.4. The molecule has 2 N–H and O–H groups in total. The second-order valence-electron chi connectivity index (χ2n) is 5.86. The highest BCUT2D eigenvalue weighted by atomic mass is 16.7. The SMILES string of the molecule is CC(C)Oc1nc(N2CCCC3(C2)OCCO3)ccc1N. The molecule has 0 bridgehead atoms. The lowest BCUT2D eigenvalue weighted by atomic mass is 10.0. The summed E-state index contributed by atoms with van der Waals surface area (Å²) in [5, 5.41) is 0. The number of hydrogen-bond donors (Lipinski definition) is 1. The molecule has 0 amide bonds. The lowest BCUT2D eigenvalue weighted by Crippen LogP contribution is -2.49. The Kier molecular flexibility index (Phi) is 3.91. The standard InChI is InChI=1S/C15H23N3O3/c1-11(2)21-14-12(16)4-5-13(17-14)18-7-3-6-15(10-18)19-8-9-20-15/h4-5,11H,3,6-10,16H2,1-2H3. The van der Waals surface area contributed by atoms with E-state index in [4.69, 9.17) is 19.9 Å². The highest BCUT2D eigenvalue weighted by molar-refractivity contribution is 5.55. The van der Waals surface area contributed by atoms with Gasteiger partial charge in [0.05, 0.1) is 31.5 Å². The van der Waals surface area contributed by atoms with Crippen LogP contribution >= 0.6 is 0 Å². The van der Waals surface area contributed by atoms with E-state index in [9.17, 15) is 0 Å². The first-order valence-electron chi connectivity index (χ1n) is 7.54. The fraction of sp³-hybridized carbons (Fsp3) is 0.667. The number of anilines is 2. The Bertz CT molecular complexity index is 501. The van der Waals surface area contributed by atoms with Gasteiger partial charge in [-0.2, -0.15) is 4.98 Å². The van der Waals surface area contributed by atoms with Crippen LogP contribution in [-0.4, -0.2) is 43.2 Å². The van der Waals surface area contributed by atoms with Gasteiger partial charge in [0, 0.05) is 13.0 Å². The maximum absolute atomic E-state index is 5.93. The molecule has 0 aromatic carbocycles. The van der Waals surface area contributed by atoms with Crippen molar-refractivity contribution < 1.29 is 14.2 Å². The molecule has 1 aromatic heterocycles. The number of nitrogens with two attached hydrogens (primary N) is 1. The summed E-state index contributed by atoms with van der Waals surface area (Å²) in [5.41, 5.74) is 6.49. The number of pyridine rings is 1. The third-order valence-corrected chi connectivity index (χ3v) is 3.78. The van der Waals surface area contributed by atoms with Crippen molar-refractivity contribution in [3.63, 3.8) is 0 Å². The lowest BCUT2D eigenvalue weighted by molar-refractivity contribution is -0.161. The highest BCUT2D eigenvalue weighted by Crippen LogP contribution is 2.33. The van der Waals surface area contributed by atoms with E-state index in [-0.39, 0.29) is 6.10 Å². The molecule has 21 heavy (non-hydrogen) atoms. The Balaban J connectivity index is 1.79. The van der Waals surface area contributed by atoms with Gasteiger partial charge in [0.1, 0.15) is 5.82 Å². The van der Waals surface area contributed by atoms with Gasteiger partial charge in [-0.25, -0.2) is 0 Å².